The molecule has 0 radical (unpaired) electrons. The summed E-state index contributed by atoms with van der Waals surface area (Å²) in [5.74, 6) is 0.145. The third-order valence-electron chi connectivity index (χ3n) is 3.32. The van der Waals surface area contributed by atoms with Gasteiger partial charge in [-0.1, -0.05) is 0 Å². The molecule has 2 aliphatic heterocycles. The molecule has 0 aliphatic carbocycles. The molecule has 0 bridgehead atoms. The van der Waals surface area contributed by atoms with Crippen LogP contribution in [0.2, 0.25) is 0 Å². The van der Waals surface area contributed by atoms with E-state index < -0.39 is 0 Å². The summed E-state index contributed by atoms with van der Waals surface area (Å²) in [5.41, 5.74) is 0.748. The van der Waals surface area contributed by atoms with Crippen LogP contribution in [0.25, 0.3) is 0 Å². The summed E-state index contributed by atoms with van der Waals surface area (Å²) in [6.45, 7) is 1.82. The number of nitrogens with zero attached hydrogens (tertiary/aromatic N) is 2. The fraction of sp³-hybridized carbons (Fsp3) is 0.455. The number of carbonyl (C=O) groups excluding carboxylic acids is 1. The number of pyridine rings is 1. The Kier molecular flexibility index (Phi) is 1.95. The average Bonchev–Trinajstić information content (AvgIpc) is 2.54. The van der Waals surface area contributed by atoms with Gasteiger partial charge in [-0.15, -0.1) is 0 Å². The molecule has 1 amide bonds. The van der Waals surface area contributed by atoms with Gasteiger partial charge in [-0.2, -0.15) is 0 Å². The molecule has 1 N–H and O–H groups in total. The largest absolute Gasteiger partial charge is 0.333 e. The maximum Gasteiger partial charge on any atom is 0.254 e. The van der Waals surface area contributed by atoms with Crippen molar-refractivity contribution in [3.63, 3.8) is 0 Å². The summed E-state index contributed by atoms with van der Waals surface area (Å²) in [5, 5.41) is 3.34. The van der Waals surface area contributed by atoms with E-state index in [1.54, 1.807) is 24.5 Å². The van der Waals surface area contributed by atoms with E-state index in [-0.39, 0.29) is 5.91 Å². The maximum absolute atomic E-state index is 12.1. The van der Waals surface area contributed by atoms with Gasteiger partial charge in [0, 0.05) is 37.1 Å². The van der Waals surface area contributed by atoms with Crippen molar-refractivity contribution in [2.24, 2.45) is 0 Å². The fourth-order valence-electron chi connectivity index (χ4n) is 2.37. The SMILES string of the molecule is O=C(c1ccncc1)N1CCC2NCC21. The summed E-state index contributed by atoms with van der Waals surface area (Å²) < 4.78 is 0. The number of aromatic nitrogens is 1. The van der Waals surface area contributed by atoms with Gasteiger partial charge >= 0.3 is 0 Å². The molecular formula is C11H13N3O. The monoisotopic (exact) mass is 203 g/mol. The van der Waals surface area contributed by atoms with Gasteiger partial charge in [0.15, 0.2) is 0 Å². The number of rotatable bonds is 1. The number of hydrogen-bond acceptors (Lipinski definition) is 3. The van der Waals surface area contributed by atoms with Crippen molar-refractivity contribution in [1.82, 2.24) is 15.2 Å². The first-order valence-electron chi connectivity index (χ1n) is 5.30. The van der Waals surface area contributed by atoms with Crippen LogP contribution in [0.1, 0.15) is 16.8 Å². The van der Waals surface area contributed by atoms with Gasteiger partial charge in [0.1, 0.15) is 0 Å². The normalized spacial score (nSPS) is 28.4. The number of likely N-dealkylation sites (tertiary alicyclic amines) is 1. The lowest BCUT2D eigenvalue weighted by atomic mass is 10.0. The Morgan fingerprint density at radius 2 is 2.27 bits per heavy atom. The van der Waals surface area contributed by atoms with Gasteiger partial charge in [0.05, 0.1) is 6.04 Å². The molecule has 2 saturated heterocycles. The lowest BCUT2D eigenvalue weighted by molar-refractivity contribution is 0.0678. The zero-order valence-corrected chi connectivity index (χ0v) is 8.39. The van der Waals surface area contributed by atoms with Crippen molar-refractivity contribution >= 4 is 5.91 Å². The molecule has 4 heteroatoms. The Bertz CT molecular complexity index is 379. The standard InChI is InChI=1S/C11H13N3O/c15-11(8-1-4-12-5-2-8)14-6-3-9-10(14)7-13-9/h1-2,4-5,9-10,13H,3,6-7H2. The molecule has 0 aromatic carbocycles. The van der Waals surface area contributed by atoms with Crippen LogP contribution in [0.3, 0.4) is 0 Å². The first-order chi connectivity index (χ1) is 7.36. The van der Waals surface area contributed by atoms with E-state index in [0.717, 1.165) is 25.1 Å². The number of fused-ring (bicyclic) bond motifs is 1. The Morgan fingerprint density at radius 1 is 1.47 bits per heavy atom. The third-order valence-corrected chi connectivity index (χ3v) is 3.32. The van der Waals surface area contributed by atoms with Gasteiger partial charge < -0.3 is 10.2 Å². The van der Waals surface area contributed by atoms with Crippen LogP contribution in [0.4, 0.5) is 0 Å². The second-order valence-electron chi connectivity index (χ2n) is 4.11. The topological polar surface area (TPSA) is 45.2 Å². The van der Waals surface area contributed by atoms with Crippen LogP contribution >= 0.6 is 0 Å². The van der Waals surface area contributed by atoms with Crippen LogP contribution < -0.4 is 5.32 Å². The minimum Gasteiger partial charge on any atom is -0.333 e. The van der Waals surface area contributed by atoms with E-state index in [4.69, 9.17) is 0 Å². The minimum atomic E-state index is 0.145. The van der Waals surface area contributed by atoms with Crippen molar-refractivity contribution in [3.05, 3.63) is 30.1 Å². The molecule has 2 atom stereocenters. The Balaban J connectivity index is 1.80. The number of nitrogens with one attached hydrogen (secondary N) is 1. The predicted molar refractivity (Wildman–Crippen MR) is 55.5 cm³/mol. The van der Waals surface area contributed by atoms with E-state index in [1.807, 2.05) is 4.90 Å². The Morgan fingerprint density at radius 3 is 2.87 bits per heavy atom. The first kappa shape index (κ1) is 8.85. The van der Waals surface area contributed by atoms with Crippen LogP contribution in [0.5, 0.6) is 0 Å². The quantitative estimate of drug-likeness (QED) is 0.712. The molecule has 3 rings (SSSR count). The molecule has 1 aromatic heterocycles. The number of carbonyl (C=O) groups is 1. The molecular weight excluding hydrogens is 190 g/mol. The van der Waals surface area contributed by atoms with Gasteiger partial charge in [-0.25, -0.2) is 0 Å². The molecule has 0 spiro atoms. The van der Waals surface area contributed by atoms with Crippen LogP contribution in [-0.4, -0.2) is 41.0 Å². The van der Waals surface area contributed by atoms with Gasteiger partial charge in [-0.05, 0) is 18.6 Å². The molecule has 4 nitrogen and oxygen atoms in total. The second kappa shape index (κ2) is 3.31. The molecule has 2 unspecified atom stereocenters. The molecule has 2 fully saturated rings. The van der Waals surface area contributed by atoms with E-state index in [9.17, 15) is 4.79 Å². The molecule has 15 heavy (non-hydrogen) atoms. The maximum atomic E-state index is 12.1. The smallest absolute Gasteiger partial charge is 0.254 e. The first-order valence-corrected chi connectivity index (χ1v) is 5.30. The van der Waals surface area contributed by atoms with Crippen molar-refractivity contribution < 1.29 is 4.79 Å². The molecule has 1 aromatic rings. The summed E-state index contributed by atoms with van der Waals surface area (Å²) in [6.07, 6.45) is 4.42. The highest BCUT2D eigenvalue weighted by Crippen LogP contribution is 2.25. The highest BCUT2D eigenvalue weighted by molar-refractivity contribution is 5.94. The average molecular weight is 203 g/mol. The van der Waals surface area contributed by atoms with Crippen LogP contribution in [-0.2, 0) is 0 Å². The van der Waals surface area contributed by atoms with Gasteiger partial charge in [0.2, 0.25) is 0 Å². The highest BCUT2D eigenvalue weighted by atomic mass is 16.2. The number of hydrogen-bond donors (Lipinski definition) is 1. The summed E-state index contributed by atoms with van der Waals surface area (Å²) in [7, 11) is 0. The molecule has 2 aliphatic rings. The van der Waals surface area contributed by atoms with Gasteiger partial charge in [-0.3, -0.25) is 9.78 Å². The molecule has 78 valence electrons. The van der Waals surface area contributed by atoms with Crippen molar-refractivity contribution in [3.8, 4) is 0 Å². The van der Waals surface area contributed by atoms with Crippen molar-refractivity contribution in [1.29, 1.82) is 0 Å². The fourth-order valence-corrected chi connectivity index (χ4v) is 2.37. The molecule has 3 heterocycles. The lowest BCUT2D eigenvalue weighted by Crippen LogP contribution is -2.60. The lowest BCUT2D eigenvalue weighted by Gasteiger charge is -2.37. The predicted octanol–water partition coefficient (Wildman–Crippen LogP) is 0.268. The van der Waals surface area contributed by atoms with E-state index in [0.29, 0.717) is 12.1 Å². The highest BCUT2D eigenvalue weighted by Gasteiger charge is 2.42. The zero-order chi connectivity index (χ0) is 10.3. The van der Waals surface area contributed by atoms with Crippen LogP contribution in [0, 0.1) is 0 Å². The second-order valence-corrected chi connectivity index (χ2v) is 4.11. The Labute approximate surface area is 88.3 Å². The zero-order valence-electron chi connectivity index (χ0n) is 8.39. The Hall–Kier alpha value is -1.42. The summed E-state index contributed by atoms with van der Waals surface area (Å²) in [6, 6.07) is 4.52. The van der Waals surface area contributed by atoms with E-state index in [1.165, 1.54) is 0 Å². The molecule has 0 saturated carbocycles. The van der Waals surface area contributed by atoms with Crippen molar-refractivity contribution in [2.45, 2.75) is 18.5 Å². The van der Waals surface area contributed by atoms with E-state index in [2.05, 4.69) is 10.3 Å². The minimum absolute atomic E-state index is 0.145. The number of amides is 1. The van der Waals surface area contributed by atoms with Crippen LogP contribution in [0.15, 0.2) is 24.5 Å². The van der Waals surface area contributed by atoms with Crippen molar-refractivity contribution in [2.75, 3.05) is 13.1 Å². The third kappa shape index (κ3) is 1.33. The van der Waals surface area contributed by atoms with E-state index >= 15 is 0 Å². The summed E-state index contributed by atoms with van der Waals surface area (Å²) in [4.78, 5) is 18.0. The summed E-state index contributed by atoms with van der Waals surface area (Å²) >= 11 is 0. The van der Waals surface area contributed by atoms with Gasteiger partial charge in [0.25, 0.3) is 5.91 Å².